The van der Waals surface area contributed by atoms with Crippen LogP contribution in [0.3, 0.4) is 0 Å². The molecule has 8 nitrogen and oxygen atoms in total. The largest absolute Gasteiger partial charge is 0.493 e. The molecule has 0 aromatic heterocycles. The SMILES string of the molecule is CCOc1cc(C(=O)O[C@H](C)C(=O)NNC(=O)c2ccccc2)ccc1OC. The lowest BCUT2D eigenvalue weighted by molar-refractivity contribution is -0.129. The van der Waals surface area contributed by atoms with Crippen LogP contribution in [-0.2, 0) is 9.53 Å². The number of esters is 1. The Bertz CT molecular complexity index is 838. The molecule has 148 valence electrons. The van der Waals surface area contributed by atoms with E-state index < -0.39 is 23.9 Å². The van der Waals surface area contributed by atoms with Gasteiger partial charge in [0.25, 0.3) is 11.8 Å². The van der Waals surface area contributed by atoms with Crippen molar-refractivity contribution in [1.29, 1.82) is 0 Å². The lowest BCUT2D eigenvalue weighted by Crippen LogP contribution is -2.46. The van der Waals surface area contributed by atoms with Gasteiger partial charge in [-0.05, 0) is 44.2 Å². The number of nitrogens with one attached hydrogen (secondary N) is 2. The number of hydrogen-bond acceptors (Lipinski definition) is 6. The molecular weight excluding hydrogens is 364 g/mol. The summed E-state index contributed by atoms with van der Waals surface area (Å²) in [5, 5.41) is 0. The molecule has 0 radical (unpaired) electrons. The van der Waals surface area contributed by atoms with Crippen LogP contribution in [0.2, 0.25) is 0 Å². The third-order valence-electron chi connectivity index (χ3n) is 3.69. The van der Waals surface area contributed by atoms with Gasteiger partial charge in [-0.25, -0.2) is 4.79 Å². The minimum absolute atomic E-state index is 0.206. The molecule has 2 rings (SSSR count). The van der Waals surface area contributed by atoms with E-state index in [1.54, 1.807) is 43.3 Å². The van der Waals surface area contributed by atoms with Crippen molar-refractivity contribution in [2.75, 3.05) is 13.7 Å². The summed E-state index contributed by atoms with van der Waals surface area (Å²) in [5.41, 5.74) is 5.08. The van der Waals surface area contributed by atoms with Crippen molar-refractivity contribution in [3.8, 4) is 11.5 Å². The average Bonchev–Trinajstić information content (AvgIpc) is 2.72. The summed E-state index contributed by atoms with van der Waals surface area (Å²) >= 11 is 0. The van der Waals surface area contributed by atoms with Crippen LogP contribution in [0.1, 0.15) is 34.6 Å². The van der Waals surface area contributed by atoms with Crippen molar-refractivity contribution in [2.24, 2.45) is 0 Å². The van der Waals surface area contributed by atoms with E-state index in [9.17, 15) is 14.4 Å². The summed E-state index contributed by atoms with van der Waals surface area (Å²) in [6.45, 7) is 3.60. The normalized spacial score (nSPS) is 11.1. The molecule has 28 heavy (non-hydrogen) atoms. The van der Waals surface area contributed by atoms with E-state index in [0.29, 0.717) is 23.7 Å². The number of amides is 2. The topological polar surface area (TPSA) is 103 Å². The van der Waals surface area contributed by atoms with Gasteiger partial charge < -0.3 is 14.2 Å². The van der Waals surface area contributed by atoms with Crippen LogP contribution in [-0.4, -0.2) is 37.6 Å². The summed E-state index contributed by atoms with van der Waals surface area (Å²) in [6, 6.07) is 12.9. The van der Waals surface area contributed by atoms with Gasteiger partial charge >= 0.3 is 5.97 Å². The number of benzene rings is 2. The predicted octanol–water partition coefficient (Wildman–Crippen LogP) is 2.10. The van der Waals surface area contributed by atoms with E-state index in [1.165, 1.54) is 26.2 Å². The fourth-order valence-corrected chi connectivity index (χ4v) is 2.24. The minimum atomic E-state index is -1.12. The molecular formula is C20H22N2O6. The molecule has 2 amide bonds. The minimum Gasteiger partial charge on any atom is -0.493 e. The second kappa shape index (κ2) is 9.96. The van der Waals surface area contributed by atoms with Gasteiger partial charge in [0.15, 0.2) is 17.6 Å². The third-order valence-corrected chi connectivity index (χ3v) is 3.69. The molecule has 0 bridgehead atoms. The van der Waals surface area contributed by atoms with Crippen LogP contribution in [0.4, 0.5) is 0 Å². The Morgan fingerprint density at radius 3 is 2.32 bits per heavy atom. The Labute approximate surface area is 162 Å². The first-order valence-electron chi connectivity index (χ1n) is 8.63. The lowest BCUT2D eigenvalue weighted by Gasteiger charge is -2.15. The molecule has 0 unspecified atom stereocenters. The van der Waals surface area contributed by atoms with Gasteiger partial charge in [0.05, 0.1) is 19.3 Å². The highest BCUT2D eigenvalue weighted by atomic mass is 16.5. The molecule has 2 N–H and O–H groups in total. The lowest BCUT2D eigenvalue weighted by atomic mass is 10.2. The zero-order chi connectivity index (χ0) is 20.5. The number of ether oxygens (including phenoxy) is 3. The van der Waals surface area contributed by atoms with Crippen molar-refractivity contribution in [2.45, 2.75) is 20.0 Å². The zero-order valence-corrected chi connectivity index (χ0v) is 15.9. The third kappa shape index (κ3) is 5.47. The first-order valence-corrected chi connectivity index (χ1v) is 8.63. The highest BCUT2D eigenvalue weighted by Gasteiger charge is 2.20. The second-order valence-corrected chi connectivity index (χ2v) is 5.66. The molecule has 0 aliphatic rings. The van der Waals surface area contributed by atoms with E-state index >= 15 is 0 Å². The predicted molar refractivity (Wildman–Crippen MR) is 101 cm³/mol. The molecule has 0 fully saturated rings. The van der Waals surface area contributed by atoms with Crippen molar-refractivity contribution >= 4 is 17.8 Å². The smallest absolute Gasteiger partial charge is 0.339 e. The maximum absolute atomic E-state index is 12.3. The van der Waals surface area contributed by atoms with E-state index in [-0.39, 0.29) is 5.56 Å². The Balaban J connectivity index is 1.93. The Morgan fingerprint density at radius 2 is 1.68 bits per heavy atom. The zero-order valence-electron chi connectivity index (χ0n) is 15.9. The van der Waals surface area contributed by atoms with Crippen LogP contribution in [0.5, 0.6) is 11.5 Å². The van der Waals surface area contributed by atoms with Gasteiger partial charge in [0.1, 0.15) is 0 Å². The summed E-state index contributed by atoms with van der Waals surface area (Å²) in [4.78, 5) is 36.3. The summed E-state index contributed by atoms with van der Waals surface area (Å²) in [7, 11) is 1.49. The van der Waals surface area contributed by atoms with Gasteiger partial charge in [-0.3, -0.25) is 20.4 Å². The molecule has 8 heteroatoms. The highest BCUT2D eigenvalue weighted by Crippen LogP contribution is 2.28. The summed E-state index contributed by atoms with van der Waals surface area (Å²) in [5.74, 6) is -0.986. The molecule has 2 aromatic rings. The Kier molecular flexibility index (Phi) is 7.38. The average molecular weight is 386 g/mol. The number of hydrazine groups is 1. The highest BCUT2D eigenvalue weighted by molar-refractivity contribution is 5.96. The van der Waals surface area contributed by atoms with Gasteiger partial charge in [0.2, 0.25) is 0 Å². The fourth-order valence-electron chi connectivity index (χ4n) is 2.24. The van der Waals surface area contributed by atoms with Crippen molar-refractivity contribution < 1.29 is 28.6 Å². The van der Waals surface area contributed by atoms with E-state index in [4.69, 9.17) is 14.2 Å². The van der Waals surface area contributed by atoms with E-state index in [1.807, 2.05) is 0 Å². The van der Waals surface area contributed by atoms with Crippen molar-refractivity contribution in [3.63, 3.8) is 0 Å². The van der Waals surface area contributed by atoms with Crippen LogP contribution in [0.15, 0.2) is 48.5 Å². The first-order chi connectivity index (χ1) is 13.5. The summed E-state index contributed by atoms with van der Waals surface area (Å²) in [6.07, 6.45) is -1.12. The van der Waals surface area contributed by atoms with E-state index in [0.717, 1.165) is 0 Å². The molecule has 0 saturated heterocycles. The second-order valence-electron chi connectivity index (χ2n) is 5.66. The quantitative estimate of drug-likeness (QED) is 0.558. The monoisotopic (exact) mass is 386 g/mol. The molecule has 0 aliphatic heterocycles. The van der Waals surface area contributed by atoms with Crippen LogP contribution in [0.25, 0.3) is 0 Å². The molecule has 0 saturated carbocycles. The number of methoxy groups -OCH3 is 1. The summed E-state index contributed by atoms with van der Waals surface area (Å²) < 4.78 is 15.7. The maximum atomic E-state index is 12.3. The van der Waals surface area contributed by atoms with Crippen LogP contribution < -0.4 is 20.3 Å². The van der Waals surface area contributed by atoms with Crippen LogP contribution >= 0.6 is 0 Å². The molecule has 0 spiro atoms. The number of hydrogen-bond donors (Lipinski definition) is 2. The first kappa shape index (κ1) is 20.8. The van der Waals surface area contributed by atoms with Crippen LogP contribution in [0, 0.1) is 0 Å². The molecule has 1 atom stereocenters. The van der Waals surface area contributed by atoms with Gasteiger partial charge in [-0.15, -0.1) is 0 Å². The van der Waals surface area contributed by atoms with Crippen molar-refractivity contribution in [3.05, 3.63) is 59.7 Å². The van der Waals surface area contributed by atoms with Gasteiger partial charge in [-0.2, -0.15) is 0 Å². The Morgan fingerprint density at radius 1 is 0.964 bits per heavy atom. The molecule has 2 aromatic carbocycles. The van der Waals surface area contributed by atoms with Gasteiger partial charge in [-0.1, -0.05) is 18.2 Å². The van der Waals surface area contributed by atoms with E-state index in [2.05, 4.69) is 10.9 Å². The molecule has 0 heterocycles. The van der Waals surface area contributed by atoms with Gasteiger partial charge in [0, 0.05) is 5.56 Å². The number of rotatable bonds is 7. The fraction of sp³-hybridized carbons (Fsp3) is 0.250. The van der Waals surface area contributed by atoms with Crippen molar-refractivity contribution in [1.82, 2.24) is 10.9 Å². The number of carbonyl (C=O) groups is 3. The number of carbonyl (C=O) groups excluding carboxylic acids is 3. The molecule has 0 aliphatic carbocycles. The Hall–Kier alpha value is -3.55. The maximum Gasteiger partial charge on any atom is 0.339 e. The standard InChI is InChI=1S/C20H22N2O6/c1-4-27-17-12-15(10-11-16(17)26-3)20(25)28-13(2)18(23)21-22-19(24)14-8-6-5-7-9-14/h5-13H,4H2,1-3H3,(H,21,23)(H,22,24)/t13-/m1/s1.